The maximum atomic E-state index is 5.08. The number of hydrogen-bond acceptors (Lipinski definition) is 5. The van der Waals surface area contributed by atoms with Gasteiger partial charge in [-0.3, -0.25) is 15.0 Å². The van der Waals surface area contributed by atoms with Gasteiger partial charge >= 0.3 is 0 Å². The average Bonchev–Trinajstić information content (AvgIpc) is 3.37. The number of aliphatic imine (C=N–C) groups is 1. The number of amidine groups is 1. The molecule has 3 aromatic rings. The molecule has 2 aliphatic rings. The number of nitrogens with zero attached hydrogens (tertiary/aromatic N) is 5. The highest BCUT2D eigenvalue weighted by molar-refractivity contribution is 8.14. The summed E-state index contributed by atoms with van der Waals surface area (Å²) < 4.78 is 2.34. The number of hydrogen-bond donors (Lipinski definition) is 0. The van der Waals surface area contributed by atoms with E-state index in [2.05, 4.69) is 69.0 Å². The van der Waals surface area contributed by atoms with Gasteiger partial charge < -0.3 is 9.47 Å². The van der Waals surface area contributed by atoms with Crippen molar-refractivity contribution in [3.05, 3.63) is 84.2 Å². The topological polar surface area (TPSA) is 46.3 Å². The molecule has 5 heterocycles. The van der Waals surface area contributed by atoms with E-state index in [0.29, 0.717) is 5.25 Å². The molecule has 0 radical (unpaired) electrons. The van der Waals surface area contributed by atoms with Crippen LogP contribution in [0.2, 0.25) is 0 Å². The van der Waals surface area contributed by atoms with Crippen LogP contribution in [0.25, 0.3) is 0 Å². The highest BCUT2D eigenvalue weighted by Crippen LogP contribution is 2.47. The van der Waals surface area contributed by atoms with Crippen LogP contribution in [0.3, 0.4) is 0 Å². The van der Waals surface area contributed by atoms with Crippen LogP contribution in [0.15, 0.2) is 72.2 Å². The molecule has 6 heteroatoms. The Balaban J connectivity index is 1.53. The van der Waals surface area contributed by atoms with Gasteiger partial charge in [0.2, 0.25) is 0 Å². The zero-order valence-electron chi connectivity index (χ0n) is 15.1. The van der Waals surface area contributed by atoms with Crippen molar-refractivity contribution >= 4 is 16.9 Å². The van der Waals surface area contributed by atoms with Gasteiger partial charge in [-0.15, -0.1) is 0 Å². The fraction of sp³-hybridized carbons (Fsp3) is 0.286. The van der Waals surface area contributed by atoms with Gasteiger partial charge in [-0.05, 0) is 42.0 Å². The molecule has 5 nitrogen and oxygen atoms in total. The van der Waals surface area contributed by atoms with E-state index in [9.17, 15) is 0 Å². The summed E-state index contributed by atoms with van der Waals surface area (Å²) in [6, 6.07) is 14.8. The van der Waals surface area contributed by atoms with E-state index in [1.165, 1.54) is 11.3 Å². The van der Waals surface area contributed by atoms with Gasteiger partial charge in [0.05, 0.1) is 11.7 Å². The van der Waals surface area contributed by atoms with Crippen LogP contribution in [-0.2, 0) is 6.54 Å². The van der Waals surface area contributed by atoms with Crippen molar-refractivity contribution in [1.29, 1.82) is 0 Å². The first-order valence-corrected chi connectivity index (χ1v) is 10.1. The van der Waals surface area contributed by atoms with Crippen molar-refractivity contribution in [3.63, 3.8) is 0 Å². The van der Waals surface area contributed by atoms with Gasteiger partial charge in [-0.2, -0.15) is 0 Å². The Kier molecular flexibility index (Phi) is 4.20. The van der Waals surface area contributed by atoms with Gasteiger partial charge in [-0.25, -0.2) is 0 Å². The number of fused-ring (bicyclic) bond motifs is 1. The second kappa shape index (κ2) is 6.85. The lowest BCUT2D eigenvalue weighted by molar-refractivity contribution is 0.308. The van der Waals surface area contributed by atoms with Crippen LogP contribution in [0.4, 0.5) is 0 Å². The van der Waals surface area contributed by atoms with Gasteiger partial charge in [0, 0.05) is 48.8 Å². The van der Waals surface area contributed by atoms with E-state index in [1.54, 1.807) is 0 Å². The molecule has 0 N–H and O–H groups in total. The Morgan fingerprint density at radius 3 is 2.78 bits per heavy atom. The van der Waals surface area contributed by atoms with E-state index in [4.69, 9.17) is 4.99 Å². The molecule has 3 atom stereocenters. The van der Waals surface area contributed by atoms with Crippen LogP contribution in [-0.4, -0.2) is 36.4 Å². The molecule has 5 rings (SSSR count). The fourth-order valence-electron chi connectivity index (χ4n) is 3.96. The van der Waals surface area contributed by atoms with Crippen LogP contribution in [0.5, 0.6) is 0 Å². The smallest absolute Gasteiger partial charge is 0.160 e. The minimum Gasteiger partial charge on any atom is -0.345 e. The van der Waals surface area contributed by atoms with E-state index in [1.807, 2.05) is 36.4 Å². The summed E-state index contributed by atoms with van der Waals surface area (Å²) in [6.07, 6.45) is 7.73. The monoisotopic (exact) mass is 375 g/mol. The summed E-state index contributed by atoms with van der Waals surface area (Å²) in [7, 11) is 0. The Morgan fingerprint density at radius 1 is 1.07 bits per heavy atom. The third-order valence-corrected chi connectivity index (χ3v) is 6.25. The Bertz CT molecular complexity index is 953. The molecular formula is C21H21N5S. The summed E-state index contributed by atoms with van der Waals surface area (Å²) >= 11 is 1.88. The second-order valence-corrected chi connectivity index (χ2v) is 8.46. The molecule has 2 aliphatic heterocycles. The number of pyridine rings is 2. The predicted octanol–water partition coefficient (Wildman–Crippen LogP) is 3.92. The lowest BCUT2D eigenvalue weighted by Gasteiger charge is -2.28. The predicted molar refractivity (Wildman–Crippen MR) is 109 cm³/mol. The lowest BCUT2D eigenvalue weighted by atomic mass is 10.0. The molecule has 0 spiro atoms. The number of aromatic nitrogens is 3. The summed E-state index contributed by atoms with van der Waals surface area (Å²) in [4.78, 5) is 16.3. The molecule has 0 unspecified atom stereocenters. The molecular weight excluding hydrogens is 354 g/mol. The summed E-state index contributed by atoms with van der Waals surface area (Å²) in [5, 5.41) is 1.72. The standard InChI is InChI=1S/C21H21N5S/c1-15-13-26-20(19(24-21(26)27-15)17-5-2-3-9-23-17)18-6-4-12-25(18)14-16-7-10-22-11-8-16/h2-12,15,19-20H,13-14H2,1H3/t15-,19-,20+/m1/s1. The zero-order valence-corrected chi connectivity index (χ0v) is 16.0. The third-order valence-electron chi connectivity index (χ3n) is 5.15. The Morgan fingerprint density at radius 2 is 1.96 bits per heavy atom. The third kappa shape index (κ3) is 3.04. The Labute approximate surface area is 163 Å². The molecule has 0 amide bonds. The van der Waals surface area contributed by atoms with E-state index < -0.39 is 0 Å². The SMILES string of the molecule is C[C@@H]1CN2C(=N[C@H](c3ccccn3)[C@@H]2c2cccn2Cc2ccncc2)S1. The molecule has 27 heavy (non-hydrogen) atoms. The highest BCUT2D eigenvalue weighted by Gasteiger charge is 2.44. The molecule has 0 saturated carbocycles. The molecule has 0 bridgehead atoms. The normalized spacial score (nSPS) is 24.1. The molecule has 0 aromatic carbocycles. The van der Waals surface area contributed by atoms with Gasteiger partial charge in [0.1, 0.15) is 6.04 Å². The number of rotatable bonds is 4. The molecule has 1 saturated heterocycles. The highest BCUT2D eigenvalue weighted by atomic mass is 32.2. The van der Waals surface area contributed by atoms with Crippen LogP contribution in [0.1, 0.15) is 36.0 Å². The maximum Gasteiger partial charge on any atom is 0.160 e. The van der Waals surface area contributed by atoms with Gasteiger partial charge in [0.15, 0.2) is 5.17 Å². The van der Waals surface area contributed by atoms with Crippen molar-refractivity contribution < 1.29 is 0 Å². The van der Waals surface area contributed by atoms with Crippen LogP contribution < -0.4 is 0 Å². The van der Waals surface area contributed by atoms with Crippen LogP contribution in [0, 0.1) is 0 Å². The quantitative estimate of drug-likeness (QED) is 0.693. The minimum absolute atomic E-state index is 0.0345. The van der Waals surface area contributed by atoms with Crippen molar-refractivity contribution in [3.8, 4) is 0 Å². The van der Waals surface area contributed by atoms with E-state index in [0.717, 1.165) is 24.0 Å². The van der Waals surface area contributed by atoms with Crippen molar-refractivity contribution in [2.45, 2.75) is 30.8 Å². The molecule has 3 aromatic heterocycles. The van der Waals surface area contributed by atoms with Crippen molar-refractivity contribution in [2.75, 3.05) is 6.54 Å². The first-order chi connectivity index (χ1) is 13.3. The zero-order chi connectivity index (χ0) is 18.2. The molecule has 1 fully saturated rings. The summed E-state index contributed by atoms with van der Waals surface area (Å²) in [6.45, 7) is 4.13. The van der Waals surface area contributed by atoms with E-state index in [-0.39, 0.29) is 12.1 Å². The first-order valence-electron chi connectivity index (χ1n) is 9.25. The average molecular weight is 376 g/mol. The largest absolute Gasteiger partial charge is 0.345 e. The first kappa shape index (κ1) is 16.6. The molecule has 0 aliphatic carbocycles. The van der Waals surface area contributed by atoms with E-state index >= 15 is 0 Å². The van der Waals surface area contributed by atoms with Crippen molar-refractivity contribution in [1.82, 2.24) is 19.4 Å². The lowest BCUT2D eigenvalue weighted by Crippen LogP contribution is -2.30. The van der Waals surface area contributed by atoms with Crippen molar-refractivity contribution in [2.24, 2.45) is 4.99 Å². The maximum absolute atomic E-state index is 5.08. The summed E-state index contributed by atoms with van der Waals surface area (Å²) in [5.41, 5.74) is 3.57. The molecule has 136 valence electrons. The van der Waals surface area contributed by atoms with Gasteiger partial charge in [0.25, 0.3) is 0 Å². The van der Waals surface area contributed by atoms with Gasteiger partial charge in [-0.1, -0.05) is 24.8 Å². The number of thioether (sulfide) groups is 1. The second-order valence-electron chi connectivity index (χ2n) is 7.05. The minimum atomic E-state index is 0.0345. The van der Waals surface area contributed by atoms with Crippen LogP contribution >= 0.6 is 11.8 Å². The fourth-order valence-corrected chi connectivity index (χ4v) is 5.06. The summed E-state index contributed by atoms with van der Waals surface area (Å²) in [5.74, 6) is 0. The Hall–Kier alpha value is -2.60.